The first-order valence-corrected chi connectivity index (χ1v) is 14.8. The number of carbonyl (C=O) groups excluding carboxylic acids is 3. The molecular formula is C30H24ClN3O4S2. The van der Waals surface area contributed by atoms with Gasteiger partial charge in [0, 0.05) is 21.5 Å². The maximum atomic E-state index is 13.9. The first-order valence-electron chi connectivity index (χ1n) is 12.7. The molecule has 6 rings (SSSR count). The minimum Gasteiger partial charge on any atom is -0.325 e. The van der Waals surface area contributed by atoms with Crippen molar-refractivity contribution in [3.63, 3.8) is 0 Å². The van der Waals surface area contributed by atoms with Crippen molar-refractivity contribution in [3.8, 4) is 0 Å². The first-order chi connectivity index (χ1) is 19.2. The Morgan fingerprint density at radius 1 is 0.875 bits per heavy atom. The van der Waals surface area contributed by atoms with Gasteiger partial charge >= 0.3 is 4.87 Å². The molecule has 0 bridgehead atoms. The maximum Gasteiger partial charge on any atom is 0.308 e. The van der Waals surface area contributed by atoms with Crippen LogP contribution in [-0.2, 0) is 20.9 Å². The average Bonchev–Trinajstić information content (AvgIpc) is 3.37. The Kier molecular flexibility index (Phi) is 6.90. The van der Waals surface area contributed by atoms with Gasteiger partial charge in [0.2, 0.25) is 17.7 Å². The quantitative estimate of drug-likeness (QED) is 0.306. The van der Waals surface area contributed by atoms with E-state index in [0.717, 1.165) is 28.0 Å². The lowest BCUT2D eigenvalue weighted by Gasteiger charge is -2.30. The van der Waals surface area contributed by atoms with Crippen molar-refractivity contribution in [3.05, 3.63) is 109 Å². The van der Waals surface area contributed by atoms with Gasteiger partial charge in [0.25, 0.3) is 0 Å². The number of amides is 3. The summed E-state index contributed by atoms with van der Waals surface area (Å²) in [5.74, 6) is -2.23. The van der Waals surface area contributed by atoms with E-state index in [1.807, 2.05) is 50.2 Å². The van der Waals surface area contributed by atoms with E-state index in [2.05, 4.69) is 5.32 Å². The predicted molar refractivity (Wildman–Crippen MR) is 158 cm³/mol. The van der Waals surface area contributed by atoms with Gasteiger partial charge in [0.15, 0.2) is 0 Å². The fraction of sp³-hybridized carbons (Fsp3) is 0.200. The van der Waals surface area contributed by atoms with Gasteiger partial charge in [-0.15, -0.1) is 0 Å². The largest absolute Gasteiger partial charge is 0.325 e. The van der Waals surface area contributed by atoms with E-state index in [1.54, 1.807) is 36.4 Å². The van der Waals surface area contributed by atoms with Crippen LogP contribution in [-0.4, -0.2) is 27.5 Å². The van der Waals surface area contributed by atoms with E-state index in [1.165, 1.54) is 21.2 Å². The summed E-state index contributed by atoms with van der Waals surface area (Å²) in [5, 5.41) is 3.18. The maximum absolute atomic E-state index is 13.9. The highest BCUT2D eigenvalue weighted by molar-refractivity contribution is 8.00. The number of nitrogens with zero attached hydrogens (tertiary/aromatic N) is 2. The number of nitrogens with one attached hydrogen (secondary N) is 1. The molecule has 4 aromatic rings. The topological polar surface area (TPSA) is 88.5 Å². The average molecular weight is 590 g/mol. The lowest BCUT2D eigenvalue weighted by molar-refractivity contribution is -0.122. The third-order valence-corrected chi connectivity index (χ3v) is 10.1. The van der Waals surface area contributed by atoms with Crippen molar-refractivity contribution in [1.29, 1.82) is 0 Å². The molecule has 10 heteroatoms. The van der Waals surface area contributed by atoms with Crippen LogP contribution in [0, 0.1) is 19.8 Å². The summed E-state index contributed by atoms with van der Waals surface area (Å²) in [7, 11) is 0. The van der Waals surface area contributed by atoms with Gasteiger partial charge < -0.3 is 5.32 Å². The second-order valence-electron chi connectivity index (χ2n) is 9.98. The molecule has 3 amide bonds. The molecule has 0 radical (unpaired) electrons. The zero-order valence-corrected chi connectivity index (χ0v) is 24.0. The highest BCUT2D eigenvalue weighted by atomic mass is 35.5. The molecule has 2 aliphatic rings. The normalized spacial score (nSPS) is 19.9. The van der Waals surface area contributed by atoms with Crippen LogP contribution in [0.3, 0.4) is 0 Å². The zero-order chi connectivity index (χ0) is 28.1. The number of aromatic nitrogens is 1. The van der Waals surface area contributed by atoms with Crippen LogP contribution in [0.2, 0.25) is 5.02 Å². The SMILES string of the molecule is Cc1ccc(NC(=O)Cn2c3c(sc2=O)C(c2ccc(Cl)cc2)C2C(=O)N(c4ccc(C)cc4)C(=O)C2S3)cc1. The van der Waals surface area contributed by atoms with Gasteiger partial charge in [-0.2, -0.15) is 0 Å². The number of anilines is 2. The van der Waals surface area contributed by atoms with Crippen LogP contribution in [0.5, 0.6) is 0 Å². The van der Waals surface area contributed by atoms with Gasteiger partial charge in [-0.3, -0.25) is 23.7 Å². The summed E-state index contributed by atoms with van der Waals surface area (Å²) in [4.78, 5) is 55.6. The Labute approximate surface area is 243 Å². The fourth-order valence-corrected chi connectivity index (χ4v) is 8.11. The molecule has 3 aromatic carbocycles. The minimum atomic E-state index is -0.748. The number of imide groups is 1. The molecule has 202 valence electrons. The number of aryl methyl sites for hydroxylation is 2. The number of fused-ring (bicyclic) bond motifs is 2. The summed E-state index contributed by atoms with van der Waals surface area (Å²) < 4.78 is 1.42. The monoisotopic (exact) mass is 589 g/mol. The van der Waals surface area contributed by atoms with Crippen LogP contribution in [0.15, 0.2) is 82.6 Å². The number of carbonyl (C=O) groups is 3. The van der Waals surface area contributed by atoms with Crippen molar-refractivity contribution in [2.24, 2.45) is 5.92 Å². The molecule has 40 heavy (non-hydrogen) atoms. The second kappa shape index (κ2) is 10.4. The van der Waals surface area contributed by atoms with E-state index >= 15 is 0 Å². The Morgan fingerprint density at radius 3 is 2.15 bits per heavy atom. The molecule has 1 saturated heterocycles. The molecular weight excluding hydrogens is 566 g/mol. The fourth-order valence-electron chi connectivity index (χ4n) is 5.21. The third kappa shape index (κ3) is 4.68. The summed E-state index contributed by atoms with van der Waals surface area (Å²) in [5.41, 5.74) is 4.01. The smallest absolute Gasteiger partial charge is 0.308 e. The molecule has 0 saturated carbocycles. The van der Waals surface area contributed by atoms with Gasteiger partial charge in [0.1, 0.15) is 11.8 Å². The molecule has 0 aliphatic carbocycles. The van der Waals surface area contributed by atoms with E-state index < -0.39 is 17.1 Å². The van der Waals surface area contributed by atoms with Crippen LogP contribution < -0.4 is 15.1 Å². The van der Waals surface area contributed by atoms with Crippen molar-refractivity contribution in [2.45, 2.75) is 36.6 Å². The first kappa shape index (κ1) is 26.6. The van der Waals surface area contributed by atoms with E-state index in [9.17, 15) is 19.2 Å². The molecule has 3 heterocycles. The van der Waals surface area contributed by atoms with Crippen LogP contribution in [0.1, 0.15) is 27.5 Å². The number of benzene rings is 3. The molecule has 1 N–H and O–H groups in total. The van der Waals surface area contributed by atoms with E-state index in [-0.39, 0.29) is 29.1 Å². The lowest BCUT2D eigenvalue weighted by atomic mass is 9.83. The predicted octanol–water partition coefficient (Wildman–Crippen LogP) is 5.61. The number of halogens is 1. The van der Waals surface area contributed by atoms with Crippen molar-refractivity contribution < 1.29 is 14.4 Å². The van der Waals surface area contributed by atoms with Gasteiger partial charge in [0.05, 0.1) is 16.6 Å². The van der Waals surface area contributed by atoms with Gasteiger partial charge in [-0.1, -0.05) is 82.2 Å². The Morgan fingerprint density at radius 2 is 1.50 bits per heavy atom. The molecule has 3 unspecified atom stereocenters. The van der Waals surface area contributed by atoms with Crippen LogP contribution in [0.4, 0.5) is 11.4 Å². The number of hydrogen-bond donors (Lipinski definition) is 1. The molecule has 1 aromatic heterocycles. The molecule has 7 nitrogen and oxygen atoms in total. The minimum absolute atomic E-state index is 0.208. The number of hydrogen-bond acceptors (Lipinski definition) is 6. The van der Waals surface area contributed by atoms with Crippen LogP contribution >= 0.6 is 34.7 Å². The van der Waals surface area contributed by atoms with Crippen molar-refractivity contribution in [1.82, 2.24) is 4.57 Å². The molecule has 1 fully saturated rings. The lowest BCUT2D eigenvalue weighted by Crippen LogP contribution is -2.33. The van der Waals surface area contributed by atoms with Gasteiger partial charge in [-0.25, -0.2) is 4.90 Å². The summed E-state index contributed by atoms with van der Waals surface area (Å²) in [6.07, 6.45) is 0. The number of thioether (sulfide) groups is 1. The van der Waals surface area contributed by atoms with Gasteiger partial charge in [-0.05, 0) is 55.8 Å². The van der Waals surface area contributed by atoms with Crippen molar-refractivity contribution in [2.75, 3.05) is 10.2 Å². The molecule has 3 atom stereocenters. The third-order valence-electron chi connectivity index (χ3n) is 7.21. The Bertz CT molecular complexity index is 1690. The van der Waals surface area contributed by atoms with E-state index in [0.29, 0.717) is 26.3 Å². The molecule has 0 spiro atoms. The summed E-state index contributed by atoms with van der Waals surface area (Å²) in [6, 6.07) is 21.8. The van der Waals surface area contributed by atoms with Crippen LogP contribution in [0.25, 0.3) is 0 Å². The zero-order valence-electron chi connectivity index (χ0n) is 21.6. The Hall–Kier alpha value is -3.66. The molecule has 2 aliphatic heterocycles. The number of rotatable bonds is 5. The van der Waals surface area contributed by atoms with Crippen molar-refractivity contribution >= 4 is 63.8 Å². The highest BCUT2D eigenvalue weighted by Gasteiger charge is 2.56. The Balaban J connectivity index is 1.40. The second-order valence-corrected chi connectivity index (χ2v) is 12.5. The van der Waals surface area contributed by atoms with E-state index in [4.69, 9.17) is 11.6 Å². The summed E-state index contributed by atoms with van der Waals surface area (Å²) >= 11 is 8.37. The number of thiazole rings is 1. The highest BCUT2D eigenvalue weighted by Crippen LogP contribution is 2.53. The summed E-state index contributed by atoms with van der Waals surface area (Å²) in [6.45, 7) is 3.69. The standard InChI is InChI=1S/C30H24ClN3O4S2/c1-16-3-11-20(12-4-16)32-22(35)15-33-29-26(40-30(33)38)23(18-7-9-19(31)10-8-18)24-25(39-29)28(37)34(27(24)36)21-13-5-17(2)6-14-21/h3-14,23-25H,15H2,1-2H3,(H,32,35).